The molecule has 4 aliphatic rings. The van der Waals surface area contributed by atoms with Crippen molar-refractivity contribution in [2.45, 2.75) is 57.5 Å². The molecule has 0 aliphatic carbocycles. The lowest BCUT2D eigenvalue weighted by molar-refractivity contribution is -0.146. The Morgan fingerprint density at radius 1 is 1.05 bits per heavy atom. The number of anilines is 2. The first-order valence-electron chi connectivity index (χ1n) is 14.6. The van der Waals surface area contributed by atoms with Crippen LogP contribution in [0.5, 0.6) is 6.01 Å². The van der Waals surface area contributed by atoms with Gasteiger partial charge in [0.25, 0.3) is 0 Å². The van der Waals surface area contributed by atoms with Gasteiger partial charge in [0.2, 0.25) is 0 Å². The van der Waals surface area contributed by atoms with Crippen LogP contribution >= 0.6 is 11.6 Å². The summed E-state index contributed by atoms with van der Waals surface area (Å²) in [5, 5.41) is 2.94. The summed E-state index contributed by atoms with van der Waals surface area (Å²) in [4.78, 5) is 29.3. The van der Waals surface area contributed by atoms with Gasteiger partial charge in [0, 0.05) is 29.7 Å². The van der Waals surface area contributed by atoms with E-state index >= 15 is 0 Å². The van der Waals surface area contributed by atoms with Crippen molar-refractivity contribution in [1.29, 1.82) is 0 Å². The molecule has 0 saturated carbocycles. The number of benzene rings is 2. The molecule has 4 aliphatic heterocycles. The number of carbonyl (C=O) groups excluding carboxylic acids is 1. The third kappa shape index (κ3) is 4.55. The molecule has 0 amide bonds. The molecule has 0 unspecified atom stereocenters. The number of ether oxygens (including phenoxy) is 2. The predicted molar refractivity (Wildman–Crippen MR) is 156 cm³/mol. The van der Waals surface area contributed by atoms with Crippen LogP contribution in [0.25, 0.3) is 10.8 Å². The first-order valence-corrected chi connectivity index (χ1v) is 15.0. The van der Waals surface area contributed by atoms with E-state index in [9.17, 15) is 4.79 Å². The van der Waals surface area contributed by atoms with Gasteiger partial charge in [-0.1, -0.05) is 42.8 Å². The van der Waals surface area contributed by atoms with Crippen LogP contribution in [0.3, 0.4) is 0 Å². The summed E-state index contributed by atoms with van der Waals surface area (Å²) in [6.07, 6.45) is 6.29. The summed E-state index contributed by atoms with van der Waals surface area (Å²) >= 11 is 6.70. The number of rotatable bonds is 5. The molecule has 0 spiro atoms. The highest BCUT2D eigenvalue weighted by molar-refractivity contribution is 6.36. The Morgan fingerprint density at radius 2 is 1.85 bits per heavy atom. The van der Waals surface area contributed by atoms with Gasteiger partial charge in [-0.3, -0.25) is 9.69 Å². The first kappa shape index (κ1) is 25.8. The molecule has 1 aromatic heterocycles. The van der Waals surface area contributed by atoms with E-state index in [-0.39, 0.29) is 24.2 Å². The van der Waals surface area contributed by atoms with E-state index in [1.54, 1.807) is 0 Å². The van der Waals surface area contributed by atoms with E-state index in [0.717, 1.165) is 71.0 Å². The topological polar surface area (TPSA) is 71.0 Å². The average molecular weight is 562 g/mol. The zero-order valence-electron chi connectivity index (χ0n) is 23.1. The Bertz CT molecular complexity index is 1430. The number of nitrogens with zero attached hydrogens (tertiary/aromatic N) is 5. The molecule has 3 saturated heterocycles. The van der Waals surface area contributed by atoms with Gasteiger partial charge in [0.1, 0.15) is 12.4 Å². The summed E-state index contributed by atoms with van der Waals surface area (Å²) in [5.41, 5.74) is 3.30. The molecule has 0 radical (unpaired) electrons. The van der Waals surface area contributed by atoms with Gasteiger partial charge >= 0.3 is 12.0 Å². The fraction of sp³-hybridized carbons (Fsp3) is 0.516. The molecular weight excluding hydrogens is 526 g/mol. The van der Waals surface area contributed by atoms with Crippen LogP contribution in [-0.4, -0.2) is 65.9 Å². The molecule has 210 valence electrons. The normalized spacial score (nSPS) is 22.6. The number of halogens is 1. The Kier molecular flexibility index (Phi) is 6.71. The summed E-state index contributed by atoms with van der Waals surface area (Å²) in [5.74, 6) is 0.562. The molecule has 9 heteroatoms. The maximum atomic E-state index is 12.3. The van der Waals surface area contributed by atoms with E-state index in [4.69, 9.17) is 31.0 Å². The number of esters is 1. The van der Waals surface area contributed by atoms with Gasteiger partial charge in [-0.25, -0.2) is 0 Å². The van der Waals surface area contributed by atoms with Crippen molar-refractivity contribution < 1.29 is 14.3 Å². The lowest BCUT2D eigenvalue weighted by atomic mass is 9.95. The van der Waals surface area contributed by atoms with E-state index in [1.165, 1.54) is 25.7 Å². The zero-order valence-corrected chi connectivity index (χ0v) is 23.8. The Morgan fingerprint density at radius 3 is 2.67 bits per heavy atom. The van der Waals surface area contributed by atoms with E-state index in [1.807, 2.05) is 19.1 Å². The number of fused-ring (bicyclic) bond motifs is 3. The summed E-state index contributed by atoms with van der Waals surface area (Å²) in [7, 11) is 0. The van der Waals surface area contributed by atoms with E-state index < -0.39 is 0 Å². The van der Waals surface area contributed by atoms with Crippen molar-refractivity contribution in [3.63, 3.8) is 0 Å². The monoisotopic (exact) mass is 561 g/mol. The highest BCUT2D eigenvalue weighted by Gasteiger charge is 2.45. The fourth-order valence-corrected chi connectivity index (χ4v) is 7.38. The number of hydrogen-bond donors (Lipinski definition) is 0. The van der Waals surface area contributed by atoms with Crippen molar-refractivity contribution in [3.8, 4) is 6.01 Å². The Hall–Kier alpha value is -3.10. The van der Waals surface area contributed by atoms with Crippen LogP contribution in [0.4, 0.5) is 11.5 Å². The van der Waals surface area contributed by atoms with Gasteiger partial charge in [-0.05, 0) is 69.1 Å². The van der Waals surface area contributed by atoms with Gasteiger partial charge < -0.3 is 19.3 Å². The summed E-state index contributed by atoms with van der Waals surface area (Å²) in [6, 6.07) is 12.8. The van der Waals surface area contributed by atoms with Crippen LogP contribution in [-0.2, 0) is 22.5 Å². The fourth-order valence-electron chi connectivity index (χ4n) is 7.10. The molecule has 1 atom stereocenters. The standard InChI is InChI=1S/C31H36ClN5O3/c1-21-10-16-36(20-40-29(21)38)28-23-11-17-35(26-9-3-7-22-6-2-8-24(32)27(22)26)18-25(23)33-30(34-28)39-19-31-12-4-14-37(31)15-5-13-31/h2-3,6-9,21H,4-5,10-20H2,1H3/t21-/m0/s1. The zero-order chi connectivity index (χ0) is 27.3. The lowest BCUT2D eigenvalue weighted by Gasteiger charge is -2.34. The summed E-state index contributed by atoms with van der Waals surface area (Å²) in [6.45, 7) is 7.20. The molecule has 0 N–H and O–H groups in total. The molecule has 8 nitrogen and oxygen atoms in total. The minimum atomic E-state index is -0.150. The number of aromatic nitrogens is 2. The molecular formula is C31H36ClN5O3. The average Bonchev–Trinajstić information content (AvgIpc) is 3.51. The largest absolute Gasteiger partial charge is 0.461 e. The minimum Gasteiger partial charge on any atom is -0.461 e. The third-order valence-corrected chi connectivity index (χ3v) is 9.69. The highest BCUT2D eigenvalue weighted by atomic mass is 35.5. The SMILES string of the molecule is C[C@H]1CCN(c2nc(OCC34CCCN3CCC4)nc3c2CCN(c2cccc4cccc(Cl)c24)C3)COC1=O. The van der Waals surface area contributed by atoms with Crippen molar-refractivity contribution in [2.75, 3.05) is 49.3 Å². The predicted octanol–water partition coefficient (Wildman–Crippen LogP) is 5.20. The molecule has 0 bridgehead atoms. The molecule has 3 fully saturated rings. The van der Waals surface area contributed by atoms with E-state index in [2.05, 4.69) is 39.0 Å². The highest BCUT2D eigenvalue weighted by Crippen LogP contribution is 2.40. The van der Waals surface area contributed by atoms with Crippen LogP contribution in [0.2, 0.25) is 5.02 Å². The van der Waals surface area contributed by atoms with Crippen molar-refractivity contribution >= 4 is 39.8 Å². The number of hydrogen-bond acceptors (Lipinski definition) is 8. The molecule has 3 aromatic rings. The maximum absolute atomic E-state index is 12.3. The Balaban J connectivity index is 1.23. The Labute approximate surface area is 240 Å². The molecule has 7 rings (SSSR count). The van der Waals surface area contributed by atoms with Crippen LogP contribution in [0, 0.1) is 5.92 Å². The minimum absolute atomic E-state index is 0.110. The van der Waals surface area contributed by atoms with Crippen LogP contribution in [0.15, 0.2) is 36.4 Å². The lowest BCUT2D eigenvalue weighted by Crippen LogP contribution is -2.43. The van der Waals surface area contributed by atoms with Gasteiger partial charge in [-0.15, -0.1) is 0 Å². The van der Waals surface area contributed by atoms with Crippen molar-refractivity contribution in [2.24, 2.45) is 5.92 Å². The number of carbonyl (C=O) groups is 1. The quantitative estimate of drug-likeness (QED) is 0.394. The second-order valence-corrected chi connectivity index (χ2v) is 12.2. The molecule has 2 aromatic carbocycles. The molecule has 5 heterocycles. The maximum Gasteiger partial charge on any atom is 0.318 e. The van der Waals surface area contributed by atoms with Crippen molar-refractivity contribution in [3.05, 3.63) is 52.7 Å². The summed E-state index contributed by atoms with van der Waals surface area (Å²) < 4.78 is 12.1. The van der Waals surface area contributed by atoms with E-state index in [0.29, 0.717) is 25.7 Å². The van der Waals surface area contributed by atoms with Crippen molar-refractivity contribution in [1.82, 2.24) is 14.9 Å². The van der Waals surface area contributed by atoms with Gasteiger partial charge in [0.15, 0.2) is 6.73 Å². The third-order valence-electron chi connectivity index (χ3n) is 9.37. The van der Waals surface area contributed by atoms with Gasteiger partial charge in [-0.2, -0.15) is 9.97 Å². The first-order chi connectivity index (χ1) is 19.5. The smallest absolute Gasteiger partial charge is 0.318 e. The van der Waals surface area contributed by atoms with Crippen LogP contribution < -0.4 is 14.5 Å². The number of cyclic esters (lactones) is 1. The van der Waals surface area contributed by atoms with Gasteiger partial charge in [0.05, 0.1) is 28.7 Å². The second-order valence-electron chi connectivity index (χ2n) is 11.8. The van der Waals surface area contributed by atoms with Crippen LogP contribution in [0.1, 0.15) is 50.3 Å². The second kappa shape index (κ2) is 10.4. The molecule has 40 heavy (non-hydrogen) atoms.